The minimum atomic E-state index is -0.319. The minimum absolute atomic E-state index is 0.0600. The van der Waals surface area contributed by atoms with Gasteiger partial charge in [-0.15, -0.1) is 0 Å². The van der Waals surface area contributed by atoms with Crippen LogP contribution in [-0.4, -0.2) is 44.0 Å². The number of quaternary nitrogens is 1. The molecule has 0 aliphatic rings. The molecule has 0 aliphatic heterocycles. The Morgan fingerprint density at radius 3 is 2.41 bits per heavy atom. The molecule has 2 aromatic rings. The number of benzene rings is 1. The summed E-state index contributed by atoms with van der Waals surface area (Å²) in [7, 11) is 4.17. The molecule has 0 bridgehead atoms. The number of hydrogen-bond acceptors (Lipinski definition) is 2. The summed E-state index contributed by atoms with van der Waals surface area (Å²) in [4.78, 5) is 29.6. The van der Waals surface area contributed by atoms with Crippen LogP contribution in [0.3, 0.4) is 0 Å². The number of H-pyrrole nitrogens is 1. The zero-order valence-corrected chi connectivity index (χ0v) is 16.4. The number of aromatic nitrogens is 1. The largest absolute Gasteiger partial charge is 0.362 e. The fourth-order valence-corrected chi connectivity index (χ4v) is 2.97. The highest BCUT2D eigenvalue weighted by molar-refractivity contribution is 6.05. The zero-order valence-electron chi connectivity index (χ0n) is 16.4. The van der Waals surface area contributed by atoms with Crippen LogP contribution in [0.2, 0.25) is 0 Å². The van der Waals surface area contributed by atoms with Crippen LogP contribution in [0.5, 0.6) is 0 Å². The van der Waals surface area contributed by atoms with E-state index in [1.807, 2.05) is 18.2 Å². The quantitative estimate of drug-likeness (QED) is 0.525. The molecule has 0 spiro atoms. The van der Waals surface area contributed by atoms with Crippen LogP contribution in [0.25, 0.3) is 6.08 Å². The molecule has 2 rings (SSSR count). The van der Waals surface area contributed by atoms with E-state index < -0.39 is 0 Å². The Labute approximate surface area is 160 Å². The van der Waals surface area contributed by atoms with Crippen LogP contribution in [-0.2, 0) is 4.79 Å². The number of carbonyl (C=O) groups is 2. The molecule has 1 aromatic carbocycles. The van der Waals surface area contributed by atoms with Crippen molar-refractivity contribution in [1.82, 2.24) is 15.6 Å². The molecule has 144 valence electrons. The summed E-state index contributed by atoms with van der Waals surface area (Å²) in [5.41, 5.74) is 1.39. The molecule has 0 radical (unpaired) electrons. The maximum Gasteiger partial charge on any atom is 0.267 e. The summed E-state index contributed by atoms with van der Waals surface area (Å²) in [5, 5.41) is 5.68. The van der Waals surface area contributed by atoms with Crippen LogP contribution in [0.4, 0.5) is 0 Å². The van der Waals surface area contributed by atoms with Gasteiger partial charge in [-0.25, -0.2) is 0 Å². The molecule has 4 N–H and O–H groups in total. The first-order valence-electron chi connectivity index (χ1n) is 9.05. The first-order chi connectivity index (χ1) is 12.8. The monoisotopic (exact) mass is 369 g/mol. The molecule has 1 aromatic heterocycles. The second kappa shape index (κ2) is 9.19. The van der Waals surface area contributed by atoms with Gasteiger partial charge in [0.25, 0.3) is 11.8 Å². The van der Waals surface area contributed by atoms with E-state index in [0.717, 1.165) is 12.2 Å². The van der Waals surface area contributed by atoms with Crippen molar-refractivity contribution >= 4 is 17.9 Å². The van der Waals surface area contributed by atoms with Gasteiger partial charge in [0, 0.05) is 29.4 Å². The fraction of sp³-hybridized carbons (Fsp3) is 0.333. The zero-order chi connectivity index (χ0) is 19.9. The van der Waals surface area contributed by atoms with Gasteiger partial charge in [-0.05, 0) is 30.3 Å². The number of rotatable bonds is 8. The van der Waals surface area contributed by atoms with Gasteiger partial charge in [0.1, 0.15) is 5.70 Å². The summed E-state index contributed by atoms with van der Waals surface area (Å²) < 4.78 is 0. The van der Waals surface area contributed by atoms with E-state index in [1.54, 1.807) is 36.5 Å². The number of hydrogen-bond donors (Lipinski definition) is 4. The number of nitrogens with one attached hydrogen (secondary N) is 4. The molecule has 0 saturated carbocycles. The summed E-state index contributed by atoms with van der Waals surface area (Å²) >= 11 is 0. The second-order valence-electron chi connectivity index (χ2n) is 7.73. The van der Waals surface area contributed by atoms with Crippen molar-refractivity contribution in [3.05, 3.63) is 65.6 Å². The highest BCUT2D eigenvalue weighted by Gasteiger charge is 2.24. The normalized spacial score (nSPS) is 12.1. The predicted molar refractivity (Wildman–Crippen MR) is 107 cm³/mol. The van der Waals surface area contributed by atoms with Gasteiger partial charge < -0.3 is 20.5 Å². The Morgan fingerprint density at radius 2 is 1.81 bits per heavy atom. The molecule has 0 aliphatic carbocycles. The Kier molecular flexibility index (Phi) is 6.96. The lowest BCUT2D eigenvalue weighted by Gasteiger charge is -2.26. The first-order valence-corrected chi connectivity index (χ1v) is 9.05. The van der Waals surface area contributed by atoms with Crippen LogP contribution in [0.15, 0.2) is 54.4 Å². The van der Waals surface area contributed by atoms with Crippen molar-refractivity contribution in [3.63, 3.8) is 0 Å². The fourth-order valence-electron chi connectivity index (χ4n) is 2.97. The molecular formula is C21H29N4O2+. The van der Waals surface area contributed by atoms with Gasteiger partial charge in [0.05, 0.1) is 20.6 Å². The van der Waals surface area contributed by atoms with Gasteiger partial charge >= 0.3 is 0 Å². The lowest BCUT2D eigenvalue weighted by atomic mass is 9.93. The van der Waals surface area contributed by atoms with Gasteiger partial charge in [-0.3, -0.25) is 9.59 Å². The average Bonchev–Trinajstić information content (AvgIpc) is 3.12. The van der Waals surface area contributed by atoms with Crippen LogP contribution in [0.1, 0.15) is 29.9 Å². The van der Waals surface area contributed by atoms with E-state index in [9.17, 15) is 9.59 Å². The summed E-state index contributed by atoms with van der Waals surface area (Å²) in [5.74, 6) is -0.628. The van der Waals surface area contributed by atoms with E-state index in [0.29, 0.717) is 12.1 Å². The highest BCUT2D eigenvalue weighted by atomic mass is 16.2. The van der Waals surface area contributed by atoms with Crippen molar-refractivity contribution < 1.29 is 14.5 Å². The molecule has 27 heavy (non-hydrogen) atoms. The molecule has 6 nitrogen and oxygen atoms in total. The predicted octanol–water partition coefficient (Wildman–Crippen LogP) is 1.07. The van der Waals surface area contributed by atoms with Gasteiger partial charge in [0.15, 0.2) is 0 Å². The third kappa shape index (κ3) is 6.75. The van der Waals surface area contributed by atoms with Gasteiger partial charge in [-0.1, -0.05) is 32.0 Å². The van der Waals surface area contributed by atoms with Crippen molar-refractivity contribution in [3.8, 4) is 0 Å². The first kappa shape index (κ1) is 20.5. The Bertz CT molecular complexity index is 778. The van der Waals surface area contributed by atoms with Crippen LogP contribution >= 0.6 is 0 Å². The Hall–Kier alpha value is -2.86. The average molecular weight is 369 g/mol. The minimum Gasteiger partial charge on any atom is -0.362 e. The topological polar surface area (TPSA) is 78.4 Å². The molecule has 1 heterocycles. The van der Waals surface area contributed by atoms with Crippen molar-refractivity contribution in [2.75, 3.05) is 27.2 Å². The summed E-state index contributed by atoms with van der Waals surface area (Å²) in [6.45, 7) is 5.65. The summed E-state index contributed by atoms with van der Waals surface area (Å²) in [6, 6.07) is 12.5. The number of aromatic amines is 1. The third-order valence-corrected chi connectivity index (χ3v) is 4.01. The lowest BCUT2D eigenvalue weighted by molar-refractivity contribution is -0.865. The molecule has 0 fully saturated rings. The molecule has 0 saturated heterocycles. The number of carbonyl (C=O) groups excluding carboxylic acids is 2. The molecule has 2 amide bonds. The third-order valence-electron chi connectivity index (χ3n) is 4.01. The maximum atomic E-state index is 12.8. The van der Waals surface area contributed by atoms with E-state index >= 15 is 0 Å². The summed E-state index contributed by atoms with van der Waals surface area (Å²) in [6.07, 6.45) is 3.41. The molecule has 0 unspecified atom stereocenters. The molecular weight excluding hydrogens is 340 g/mol. The van der Waals surface area contributed by atoms with Crippen molar-refractivity contribution in [2.45, 2.75) is 13.8 Å². The molecule has 6 heteroatoms. The van der Waals surface area contributed by atoms with Crippen LogP contribution in [0, 0.1) is 5.41 Å². The van der Waals surface area contributed by atoms with E-state index in [4.69, 9.17) is 0 Å². The van der Waals surface area contributed by atoms with Crippen LogP contribution < -0.4 is 15.5 Å². The van der Waals surface area contributed by atoms with E-state index in [2.05, 4.69) is 43.6 Å². The van der Waals surface area contributed by atoms with E-state index in [1.165, 1.54) is 4.90 Å². The second-order valence-corrected chi connectivity index (χ2v) is 7.73. The van der Waals surface area contributed by atoms with Gasteiger partial charge in [-0.2, -0.15) is 0 Å². The van der Waals surface area contributed by atoms with Crippen molar-refractivity contribution in [1.29, 1.82) is 0 Å². The Morgan fingerprint density at radius 1 is 1.11 bits per heavy atom. The standard InChI is InChI=1S/C21H28N4O2/c1-21(2,15-25(3)4)14-23-20(27)18(13-17-11-8-12-22-17)24-19(26)16-9-6-5-7-10-16/h5-13,22H,14-15H2,1-4H3,(H,23,27)(H,24,26)/p+1/b18-13-. The lowest BCUT2D eigenvalue weighted by Crippen LogP contribution is -3.07. The number of amides is 2. The highest BCUT2D eigenvalue weighted by Crippen LogP contribution is 2.11. The Balaban J connectivity index is 2.13. The van der Waals surface area contributed by atoms with Gasteiger partial charge in [0.2, 0.25) is 0 Å². The molecule has 0 atom stereocenters. The SMILES string of the molecule is C[NH+](C)CC(C)(C)CNC(=O)/C(=C/c1ccc[nH]1)NC(=O)c1ccccc1. The maximum absolute atomic E-state index is 12.8. The van der Waals surface area contributed by atoms with Crippen molar-refractivity contribution in [2.24, 2.45) is 5.41 Å². The smallest absolute Gasteiger partial charge is 0.267 e. The van der Waals surface area contributed by atoms with E-state index in [-0.39, 0.29) is 22.9 Å².